The Morgan fingerprint density at radius 3 is 2.27 bits per heavy atom. The van der Waals surface area contributed by atoms with Crippen molar-refractivity contribution >= 4 is 17.5 Å². The van der Waals surface area contributed by atoms with Gasteiger partial charge in [-0.15, -0.1) is 0 Å². The minimum absolute atomic E-state index is 0.00487. The van der Waals surface area contributed by atoms with Crippen LogP contribution >= 0.6 is 0 Å². The number of carboxylic acid groups (broad SMARTS) is 1. The van der Waals surface area contributed by atoms with Gasteiger partial charge in [-0.05, 0) is 12.1 Å². The highest BCUT2D eigenvalue weighted by atomic mass is 16.4. The first kappa shape index (κ1) is 13.8. The number of phenolic OH excluding ortho intramolecular Hbond substituents is 2. The van der Waals surface area contributed by atoms with Gasteiger partial charge < -0.3 is 15.3 Å². The van der Waals surface area contributed by atoms with E-state index in [-0.39, 0.29) is 33.6 Å². The molecule has 0 unspecified atom stereocenters. The van der Waals surface area contributed by atoms with Crippen LogP contribution in [0, 0.1) is 0 Å². The Bertz CT molecular complexity index is 850. The Labute approximate surface area is 124 Å². The van der Waals surface area contributed by atoms with Crippen LogP contribution in [0.5, 0.6) is 11.5 Å². The number of rotatable bonds is 2. The van der Waals surface area contributed by atoms with Crippen LogP contribution in [0.3, 0.4) is 0 Å². The predicted octanol–water partition coefficient (Wildman–Crippen LogP) is 1.50. The number of phenols is 2. The molecule has 0 heterocycles. The van der Waals surface area contributed by atoms with Crippen molar-refractivity contribution in [3.63, 3.8) is 0 Å². The Morgan fingerprint density at radius 1 is 0.909 bits per heavy atom. The number of ketones is 2. The lowest BCUT2D eigenvalue weighted by Gasteiger charge is -2.20. The summed E-state index contributed by atoms with van der Waals surface area (Å²) in [5.74, 6) is -3.27. The zero-order chi connectivity index (χ0) is 16.0. The molecule has 0 spiro atoms. The van der Waals surface area contributed by atoms with Gasteiger partial charge in [0.25, 0.3) is 0 Å². The number of hydrogen-bond acceptors (Lipinski definition) is 5. The lowest BCUT2D eigenvalue weighted by Crippen LogP contribution is -2.21. The quantitative estimate of drug-likeness (QED) is 0.661. The lowest BCUT2D eigenvalue weighted by molar-refractivity contribution is -0.136. The van der Waals surface area contributed by atoms with E-state index in [1.165, 1.54) is 30.3 Å². The van der Waals surface area contributed by atoms with Crippen LogP contribution in [0.4, 0.5) is 0 Å². The molecule has 0 radical (unpaired) electrons. The Morgan fingerprint density at radius 2 is 1.59 bits per heavy atom. The van der Waals surface area contributed by atoms with Crippen LogP contribution in [0.2, 0.25) is 0 Å². The van der Waals surface area contributed by atoms with Gasteiger partial charge in [0.15, 0.2) is 5.78 Å². The molecule has 0 aliphatic heterocycles. The van der Waals surface area contributed by atoms with E-state index in [2.05, 4.69) is 0 Å². The summed E-state index contributed by atoms with van der Waals surface area (Å²) < 4.78 is 0. The van der Waals surface area contributed by atoms with Crippen LogP contribution in [0.1, 0.15) is 37.4 Å². The molecule has 6 heteroatoms. The van der Waals surface area contributed by atoms with Crippen molar-refractivity contribution in [2.45, 2.75) is 6.42 Å². The molecule has 110 valence electrons. The molecule has 0 saturated carbocycles. The molecule has 0 bridgehead atoms. The van der Waals surface area contributed by atoms with E-state index in [4.69, 9.17) is 5.11 Å². The van der Waals surface area contributed by atoms with Crippen LogP contribution in [0.25, 0.3) is 0 Å². The summed E-state index contributed by atoms with van der Waals surface area (Å²) in [6, 6.07) is 6.76. The molecule has 0 fully saturated rings. The third-order valence-corrected chi connectivity index (χ3v) is 3.59. The highest BCUT2D eigenvalue weighted by Crippen LogP contribution is 2.37. The van der Waals surface area contributed by atoms with E-state index in [1.54, 1.807) is 0 Å². The first-order valence-corrected chi connectivity index (χ1v) is 6.40. The van der Waals surface area contributed by atoms with Gasteiger partial charge in [-0.2, -0.15) is 0 Å². The van der Waals surface area contributed by atoms with Gasteiger partial charge in [0.2, 0.25) is 5.78 Å². The Balaban J connectivity index is 2.27. The summed E-state index contributed by atoms with van der Waals surface area (Å²) in [4.78, 5) is 35.7. The van der Waals surface area contributed by atoms with Crippen molar-refractivity contribution in [2.24, 2.45) is 0 Å². The maximum absolute atomic E-state index is 12.5. The second-order valence-corrected chi connectivity index (χ2v) is 4.92. The maximum Gasteiger partial charge on any atom is 0.307 e. The van der Waals surface area contributed by atoms with Crippen molar-refractivity contribution < 1.29 is 29.7 Å². The van der Waals surface area contributed by atoms with E-state index in [0.717, 1.165) is 0 Å². The highest BCUT2D eigenvalue weighted by Gasteiger charge is 2.34. The smallest absolute Gasteiger partial charge is 0.307 e. The first-order valence-electron chi connectivity index (χ1n) is 6.40. The van der Waals surface area contributed by atoms with E-state index < -0.39 is 29.7 Å². The van der Waals surface area contributed by atoms with Crippen molar-refractivity contribution in [1.82, 2.24) is 0 Å². The molecule has 2 aromatic rings. The van der Waals surface area contributed by atoms with Crippen molar-refractivity contribution in [3.05, 3.63) is 58.1 Å². The Kier molecular flexibility index (Phi) is 2.95. The third-order valence-electron chi connectivity index (χ3n) is 3.59. The van der Waals surface area contributed by atoms with Crippen molar-refractivity contribution in [2.75, 3.05) is 0 Å². The molecule has 2 aromatic carbocycles. The Hall–Kier alpha value is -3.15. The number of fused-ring (bicyclic) bond motifs is 2. The maximum atomic E-state index is 12.5. The summed E-state index contributed by atoms with van der Waals surface area (Å²) in [5.41, 5.74) is -0.357. The highest BCUT2D eigenvalue weighted by molar-refractivity contribution is 6.30. The monoisotopic (exact) mass is 298 g/mol. The van der Waals surface area contributed by atoms with Gasteiger partial charge in [-0.25, -0.2) is 0 Å². The fourth-order valence-electron chi connectivity index (χ4n) is 2.60. The fourth-order valence-corrected chi connectivity index (χ4v) is 2.60. The van der Waals surface area contributed by atoms with Gasteiger partial charge in [-0.3, -0.25) is 14.4 Å². The number of carboxylic acids is 1. The molecule has 0 amide bonds. The van der Waals surface area contributed by atoms with E-state index >= 15 is 0 Å². The molecule has 3 N–H and O–H groups in total. The zero-order valence-corrected chi connectivity index (χ0v) is 11.2. The van der Waals surface area contributed by atoms with Gasteiger partial charge in [0.1, 0.15) is 11.5 Å². The molecular formula is C16H10O6. The minimum atomic E-state index is -1.17. The molecule has 3 rings (SSSR count). The molecule has 0 aromatic heterocycles. The molecule has 1 aliphatic carbocycles. The zero-order valence-electron chi connectivity index (χ0n) is 11.2. The number of carbonyl (C=O) groups is 3. The normalized spacial score (nSPS) is 12.7. The predicted molar refractivity (Wildman–Crippen MR) is 74.4 cm³/mol. The summed E-state index contributed by atoms with van der Waals surface area (Å²) in [7, 11) is 0. The molecule has 0 saturated heterocycles. The number of carbonyl (C=O) groups excluding carboxylic acids is 2. The van der Waals surface area contributed by atoms with Gasteiger partial charge in [-0.1, -0.05) is 18.2 Å². The lowest BCUT2D eigenvalue weighted by atomic mass is 9.82. The SMILES string of the molecule is O=C(O)Cc1ccc2c(c1O)C(=O)c1c(O)cccc1C2=O. The van der Waals surface area contributed by atoms with Crippen molar-refractivity contribution in [3.8, 4) is 11.5 Å². The second-order valence-electron chi connectivity index (χ2n) is 4.92. The summed E-state index contributed by atoms with van der Waals surface area (Å²) in [6.07, 6.45) is -0.478. The van der Waals surface area contributed by atoms with Gasteiger partial charge in [0.05, 0.1) is 17.5 Å². The third kappa shape index (κ3) is 1.85. The summed E-state index contributed by atoms with van der Waals surface area (Å²) in [6.45, 7) is 0. The van der Waals surface area contributed by atoms with E-state index in [1.807, 2.05) is 0 Å². The van der Waals surface area contributed by atoms with E-state index in [0.29, 0.717) is 0 Å². The van der Waals surface area contributed by atoms with Crippen LogP contribution in [-0.2, 0) is 11.2 Å². The average Bonchev–Trinajstić information content (AvgIpc) is 2.46. The second kappa shape index (κ2) is 4.70. The van der Waals surface area contributed by atoms with Gasteiger partial charge >= 0.3 is 5.97 Å². The number of benzene rings is 2. The standard InChI is InChI=1S/C16H10O6/c17-10-3-1-2-8-12(10)16(22)13-9(15(8)21)5-4-7(14(13)20)6-11(18)19/h1-5,17,20H,6H2,(H,18,19). The molecule has 0 atom stereocenters. The number of aromatic hydroxyl groups is 2. The van der Waals surface area contributed by atoms with Crippen molar-refractivity contribution in [1.29, 1.82) is 0 Å². The van der Waals surface area contributed by atoms with Crippen LogP contribution in [0.15, 0.2) is 30.3 Å². The molecule has 1 aliphatic rings. The van der Waals surface area contributed by atoms with Crippen LogP contribution in [-0.4, -0.2) is 32.9 Å². The number of hydrogen-bond donors (Lipinski definition) is 3. The topological polar surface area (TPSA) is 112 Å². The van der Waals surface area contributed by atoms with Crippen LogP contribution < -0.4 is 0 Å². The molecular weight excluding hydrogens is 288 g/mol. The first-order chi connectivity index (χ1) is 10.4. The van der Waals surface area contributed by atoms with Gasteiger partial charge in [0, 0.05) is 16.7 Å². The van der Waals surface area contributed by atoms with E-state index in [9.17, 15) is 24.6 Å². The largest absolute Gasteiger partial charge is 0.507 e. The summed E-state index contributed by atoms with van der Waals surface area (Å²) >= 11 is 0. The summed E-state index contributed by atoms with van der Waals surface area (Å²) in [5, 5.41) is 28.8. The molecule has 6 nitrogen and oxygen atoms in total. The molecule has 22 heavy (non-hydrogen) atoms. The fraction of sp³-hybridized carbons (Fsp3) is 0.0625. The minimum Gasteiger partial charge on any atom is -0.507 e. The number of aliphatic carboxylic acids is 1. The average molecular weight is 298 g/mol.